The van der Waals surface area contributed by atoms with Gasteiger partial charge in [-0.25, -0.2) is 0 Å². The van der Waals surface area contributed by atoms with E-state index >= 15 is 0 Å². The van der Waals surface area contributed by atoms with E-state index in [4.69, 9.17) is 4.74 Å². The molecule has 162 valence electrons. The van der Waals surface area contributed by atoms with E-state index in [0.717, 1.165) is 5.69 Å². The topological polar surface area (TPSA) is 102 Å². The van der Waals surface area contributed by atoms with Gasteiger partial charge in [0, 0.05) is 23.6 Å². The highest BCUT2D eigenvalue weighted by Gasteiger charge is 2.52. The molecule has 1 aromatic carbocycles. The monoisotopic (exact) mass is 439 g/mol. The third-order valence-corrected chi connectivity index (χ3v) is 6.15. The number of aliphatic hydroxyl groups excluding tert-OH is 1. The zero-order valence-electron chi connectivity index (χ0n) is 17.6. The van der Waals surface area contributed by atoms with Gasteiger partial charge in [0.2, 0.25) is 12.3 Å². The average Bonchev–Trinajstić information content (AvgIpc) is 3.39. The van der Waals surface area contributed by atoms with E-state index in [2.05, 4.69) is 20.5 Å². The van der Waals surface area contributed by atoms with Crippen LogP contribution in [-0.4, -0.2) is 41.1 Å². The number of nitrogens with one attached hydrogen (secondary N) is 1. The Morgan fingerprint density at radius 1 is 1.19 bits per heavy atom. The van der Waals surface area contributed by atoms with Crippen LogP contribution in [0.3, 0.4) is 0 Å². The number of hydrogen-bond acceptors (Lipinski definition) is 7. The molecule has 2 N–H and O–H groups in total. The maximum absolute atomic E-state index is 13.0. The van der Waals surface area contributed by atoms with Crippen molar-refractivity contribution in [2.24, 2.45) is 0 Å². The van der Waals surface area contributed by atoms with Crippen molar-refractivity contribution in [3.05, 3.63) is 54.9 Å². The predicted molar refractivity (Wildman–Crippen MR) is 118 cm³/mol. The highest BCUT2D eigenvalue weighted by Crippen LogP contribution is 2.52. The zero-order valence-corrected chi connectivity index (χ0v) is 18.5. The van der Waals surface area contributed by atoms with E-state index in [9.17, 15) is 9.90 Å². The summed E-state index contributed by atoms with van der Waals surface area (Å²) in [6.45, 7) is 5.56. The summed E-state index contributed by atoms with van der Waals surface area (Å²) in [5.41, 5.74) is 0.838. The molecule has 9 heteroatoms. The summed E-state index contributed by atoms with van der Waals surface area (Å²) < 4.78 is 6.64. The number of thioether (sulfide) groups is 1. The third-order valence-electron chi connectivity index (χ3n) is 4.70. The minimum Gasteiger partial charge on any atom is -0.351 e. The average molecular weight is 440 g/mol. The number of hydrogen-bond donors (Lipinski definition) is 2. The molecule has 1 fully saturated rings. The van der Waals surface area contributed by atoms with Crippen LogP contribution in [0.15, 0.2) is 60.0 Å². The first-order chi connectivity index (χ1) is 14.8. The molecular formula is C22H25N5O3S. The molecule has 0 bridgehead atoms. The van der Waals surface area contributed by atoms with Gasteiger partial charge in [0.05, 0.1) is 5.60 Å². The number of rotatable bonds is 7. The van der Waals surface area contributed by atoms with Crippen LogP contribution in [0.5, 0.6) is 0 Å². The van der Waals surface area contributed by atoms with Gasteiger partial charge in [0.1, 0.15) is 4.75 Å². The van der Waals surface area contributed by atoms with Gasteiger partial charge in [0.15, 0.2) is 11.0 Å². The van der Waals surface area contributed by atoms with Crippen LogP contribution in [0.4, 0.5) is 5.69 Å². The van der Waals surface area contributed by atoms with Gasteiger partial charge in [-0.15, -0.1) is 10.2 Å². The Balaban J connectivity index is 1.63. The summed E-state index contributed by atoms with van der Waals surface area (Å²) >= 11 is 1.30. The summed E-state index contributed by atoms with van der Waals surface area (Å²) in [7, 11) is 0. The molecule has 0 spiro atoms. The number of amides is 1. The lowest BCUT2D eigenvalue weighted by Crippen LogP contribution is -2.29. The molecule has 0 aliphatic heterocycles. The highest BCUT2D eigenvalue weighted by molar-refractivity contribution is 8.01. The first-order valence-corrected chi connectivity index (χ1v) is 10.9. The molecular weight excluding hydrogens is 414 g/mol. The quantitative estimate of drug-likeness (QED) is 0.539. The normalized spacial score (nSPS) is 16.0. The van der Waals surface area contributed by atoms with Crippen LogP contribution in [0.2, 0.25) is 0 Å². The maximum Gasteiger partial charge on any atom is 0.245 e. The molecule has 0 saturated heterocycles. The molecule has 8 nitrogen and oxygen atoms in total. The molecule has 1 atom stereocenters. The Bertz CT molecular complexity index is 1050. The Kier molecular flexibility index (Phi) is 5.83. The number of pyridine rings is 1. The smallest absolute Gasteiger partial charge is 0.245 e. The Morgan fingerprint density at radius 2 is 1.94 bits per heavy atom. The van der Waals surface area contributed by atoms with Crippen molar-refractivity contribution in [1.29, 1.82) is 0 Å². The van der Waals surface area contributed by atoms with Crippen LogP contribution in [0, 0.1) is 0 Å². The first-order valence-electron chi connectivity index (χ1n) is 10.0. The lowest BCUT2D eigenvalue weighted by molar-refractivity contribution is -0.212. The van der Waals surface area contributed by atoms with E-state index in [1.807, 2.05) is 57.2 Å². The predicted octanol–water partition coefficient (Wildman–Crippen LogP) is 3.87. The second-order valence-electron chi connectivity index (χ2n) is 8.39. The van der Waals surface area contributed by atoms with Gasteiger partial charge in [0.25, 0.3) is 0 Å². The number of nitrogens with zero attached hydrogens (tertiary/aromatic N) is 4. The Morgan fingerprint density at radius 3 is 2.55 bits per heavy atom. The number of carbonyl (C=O) groups is 1. The summed E-state index contributed by atoms with van der Waals surface area (Å²) in [5, 5.41) is 22.8. The number of carbonyl (C=O) groups excluding carboxylic acids is 1. The van der Waals surface area contributed by atoms with Crippen molar-refractivity contribution in [1.82, 2.24) is 19.7 Å². The number of anilines is 1. The molecule has 1 saturated carbocycles. The summed E-state index contributed by atoms with van der Waals surface area (Å²) in [6, 6.07) is 13.0. The van der Waals surface area contributed by atoms with Crippen LogP contribution in [0.25, 0.3) is 11.4 Å². The molecule has 2 heterocycles. The van der Waals surface area contributed by atoms with Gasteiger partial charge in [-0.3, -0.25) is 14.3 Å². The maximum atomic E-state index is 13.0. The zero-order chi connectivity index (χ0) is 22.1. The standard InChI is InChI=1S/C22H25N5O3S/c1-21(2,3)30-20(29)27-17(15-8-7-13-23-14-15)25-26-19(27)31-22(11-12-22)18(28)24-16-9-5-4-6-10-16/h4-10,13-14,20,29H,11-12H2,1-3H3,(H,24,28). The van der Waals surface area contributed by atoms with Gasteiger partial charge in [-0.05, 0) is 57.9 Å². The van der Waals surface area contributed by atoms with E-state index in [1.165, 1.54) is 16.3 Å². The SMILES string of the molecule is CC(C)(C)OC(O)n1c(SC2(C(=O)Nc3ccccc3)CC2)nnc1-c1cccnc1. The molecule has 0 radical (unpaired) electrons. The minimum absolute atomic E-state index is 0.0904. The second-order valence-corrected chi connectivity index (χ2v) is 9.74. The minimum atomic E-state index is -1.32. The van der Waals surface area contributed by atoms with E-state index in [0.29, 0.717) is 29.4 Å². The molecule has 1 amide bonds. The first kappa shape index (κ1) is 21.5. The van der Waals surface area contributed by atoms with E-state index < -0.39 is 16.8 Å². The van der Waals surface area contributed by atoms with Crippen LogP contribution in [0.1, 0.15) is 40.0 Å². The van der Waals surface area contributed by atoms with Crippen LogP contribution < -0.4 is 5.32 Å². The van der Waals surface area contributed by atoms with Gasteiger partial charge < -0.3 is 15.2 Å². The second kappa shape index (κ2) is 8.41. The molecule has 4 rings (SSSR count). The van der Waals surface area contributed by atoms with E-state index in [-0.39, 0.29) is 5.91 Å². The number of aliphatic hydroxyl groups is 1. The molecule has 31 heavy (non-hydrogen) atoms. The fourth-order valence-electron chi connectivity index (χ4n) is 3.04. The summed E-state index contributed by atoms with van der Waals surface area (Å²) in [5.74, 6) is 0.332. The van der Waals surface area contributed by atoms with Crippen LogP contribution >= 0.6 is 11.8 Å². The molecule has 1 aliphatic rings. The van der Waals surface area contributed by atoms with Crippen LogP contribution in [-0.2, 0) is 9.53 Å². The number of ether oxygens (including phenoxy) is 1. The van der Waals surface area contributed by atoms with Crippen molar-refractivity contribution in [3.8, 4) is 11.4 Å². The number of aromatic nitrogens is 4. The fourth-order valence-corrected chi connectivity index (χ4v) is 4.19. The molecule has 1 unspecified atom stereocenters. The largest absolute Gasteiger partial charge is 0.351 e. The van der Waals surface area contributed by atoms with Crippen molar-refractivity contribution < 1.29 is 14.6 Å². The molecule has 1 aliphatic carbocycles. The lowest BCUT2D eigenvalue weighted by Gasteiger charge is -2.26. The fraction of sp³-hybridized carbons (Fsp3) is 0.364. The summed E-state index contributed by atoms with van der Waals surface area (Å²) in [6.07, 6.45) is 3.41. The van der Waals surface area contributed by atoms with Gasteiger partial charge in [-0.2, -0.15) is 0 Å². The van der Waals surface area contributed by atoms with Gasteiger partial charge >= 0.3 is 0 Å². The molecule has 2 aromatic heterocycles. The lowest BCUT2D eigenvalue weighted by atomic mass is 10.2. The Labute approximate surface area is 185 Å². The van der Waals surface area contributed by atoms with Gasteiger partial charge in [-0.1, -0.05) is 30.0 Å². The van der Waals surface area contributed by atoms with Crippen molar-refractivity contribution in [2.45, 2.75) is 55.5 Å². The molecule has 3 aromatic rings. The Hall–Kier alpha value is -2.75. The number of benzene rings is 1. The van der Waals surface area contributed by atoms with E-state index in [1.54, 1.807) is 18.5 Å². The summed E-state index contributed by atoms with van der Waals surface area (Å²) in [4.78, 5) is 17.1. The van der Waals surface area contributed by atoms with Crippen molar-refractivity contribution >= 4 is 23.4 Å². The van der Waals surface area contributed by atoms with Crippen molar-refractivity contribution in [3.63, 3.8) is 0 Å². The third kappa shape index (κ3) is 4.95. The number of para-hydroxylation sites is 1. The highest BCUT2D eigenvalue weighted by atomic mass is 32.2. The van der Waals surface area contributed by atoms with Crippen molar-refractivity contribution in [2.75, 3.05) is 5.32 Å².